The average molecular weight is 228 g/mol. The lowest BCUT2D eigenvalue weighted by Crippen LogP contribution is -2.36. The monoisotopic (exact) mass is 228 g/mol. The molecule has 0 fully saturated rings. The van der Waals surface area contributed by atoms with Gasteiger partial charge in [-0.25, -0.2) is 4.98 Å². The largest absolute Gasteiger partial charge is 0.481 e. The number of thiazole rings is 1. The summed E-state index contributed by atoms with van der Waals surface area (Å²) in [5, 5.41) is 11.7. The molecule has 1 rings (SSSR count). The number of carbonyl (C=O) groups is 1. The minimum Gasteiger partial charge on any atom is -0.481 e. The van der Waals surface area contributed by atoms with E-state index in [-0.39, 0.29) is 12.0 Å². The van der Waals surface area contributed by atoms with Gasteiger partial charge in [-0.3, -0.25) is 4.79 Å². The second-order valence-electron chi connectivity index (χ2n) is 3.80. The van der Waals surface area contributed by atoms with Crippen molar-refractivity contribution < 1.29 is 9.90 Å². The molecule has 0 amide bonds. The number of aliphatic carboxylic acids is 1. The number of carboxylic acid groups (broad SMARTS) is 1. The van der Waals surface area contributed by atoms with Crippen molar-refractivity contribution in [2.45, 2.75) is 26.8 Å². The average Bonchev–Trinajstić information content (AvgIpc) is 2.65. The summed E-state index contributed by atoms with van der Waals surface area (Å²) in [5.74, 6) is -1.14. The zero-order valence-electron chi connectivity index (χ0n) is 9.17. The maximum atomic E-state index is 10.8. The van der Waals surface area contributed by atoms with Gasteiger partial charge in [0.15, 0.2) is 5.13 Å². The van der Waals surface area contributed by atoms with Crippen molar-refractivity contribution in [3.05, 3.63) is 11.6 Å². The minimum absolute atomic E-state index is 0.262. The van der Waals surface area contributed by atoms with Gasteiger partial charge in [-0.1, -0.05) is 6.92 Å². The summed E-state index contributed by atoms with van der Waals surface area (Å²) in [5.41, 5.74) is 0. The third-order valence-corrected chi connectivity index (χ3v) is 2.99. The first-order chi connectivity index (χ1) is 7.02. The van der Waals surface area contributed by atoms with E-state index in [2.05, 4.69) is 4.98 Å². The van der Waals surface area contributed by atoms with Crippen LogP contribution in [0.2, 0.25) is 0 Å². The highest BCUT2D eigenvalue weighted by atomic mass is 32.1. The zero-order valence-corrected chi connectivity index (χ0v) is 9.99. The summed E-state index contributed by atoms with van der Waals surface area (Å²) in [7, 11) is 0. The summed E-state index contributed by atoms with van der Waals surface area (Å²) in [6, 6.07) is 0.262. The molecule has 1 heterocycles. The van der Waals surface area contributed by atoms with Crippen LogP contribution in [-0.4, -0.2) is 28.6 Å². The van der Waals surface area contributed by atoms with Crippen LogP contribution in [0.4, 0.5) is 5.13 Å². The lowest BCUT2D eigenvalue weighted by Gasteiger charge is -2.27. The third-order valence-electron chi connectivity index (χ3n) is 2.18. The lowest BCUT2D eigenvalue weighted by atomic mass is 10.1. The Hall–Kier alpha value is -1.10. The number of nitrogens with zero attached hydrogens (tertiary/aromatic N) is 2. The molecule has 1 aromatic heterocycles. The predicted octanol–water partition coefficient (Wildman–Crippen LogP) is 2.08. The van der Waals surface area contributed by atoms with E-state index < -0.39 is 5.97 Å². The van der Waals surface area contributed by atoms with E-state index in [9.17, 15) is 4.79 Å². The number of carboxylic acids is 1. The number of hydrogen-bond acceptors (Lipinski definition) is 4. The topological polar surface area (TPSA) is 53.4 Å². The van der Waals surface area contributed by atoms with Crippen LogP contribution >= 0.6 is 11.3 Å². The lowest BCUT2D eigenvalue weighted by molar-refractivity contribution is -0.140. The first kappa shape index (κ1) is 12.0. The van der Waals surface area contributed by atoms with Crippen molar-refractivity contribution in [1.29, 1.82) is 0 Å². The van der Waals surface area contributed by atoms with Crippen LogP contribution in [0.3, 0.4) is 0 Å². The third kappa shape index (κ3) is 3.20. The van der Waals surface area contributed by atoms with E-state index in [0.29, 0.717) is 6.54 Å². The Morgan fingerprint density at radius 2 is 2.27 bits per heavy atom. The fourth-order valence-corrected chi connectivity index (χ4v) is 2.03. The molecule has 1 atom stereocenters. The summed E-state index contributed by atoms with van der Waals surface area (Å²) in [6.45, 7) is 6.29. The molecule has 0 spiro atoms. The summed E-state index contributed by atoms with van der Waals surface area (Å²) in [4.78, 5) is 17.0. The van der Waals surface area contributed by atoms with Gasteiger partial charge in [0.2, 0.25) is 0 Å². The molecule has 15 heavy (non-hydrogen) atoms. The van der Waals surface area contributed by atoms with Gasteiger partial charge in [0.1, 0.15) is 0 Å². The van der Waals surface area contributed by atoms with Gasteiger partial charge in [-0.15, -0.1) is 11.3 Å². The van der Waals surface area contributed by atoms with E-state index in [0.717, 1.165) is 5.13 Å². The maximum Gasteiger partial charge on any atom is 0.308 e. The molecule has 0 aliphatic heterocycles. The number of aromatic nitrogens is 1. The van der Waals surface area contributed by atoms with Gasteiger partial charge in [-0.05, 0) is 13.8 Å². The Balaban J connectivity index is 2.72. The highest BCUT2D eigenvalue weighted by Crippen LogP contribution is 2.21. The second kappa shape index (κ2) is 5.11. The van der Waals surface area contributed by atoms with Crippen LogP contribution in [0.5, 0.6) is 0 Å². The standard InChI is InChI=1S/C10H16N2O2S/c1-7(2)12(6-8(3)9(13)14)10-11-4-5-15-10/h4-5,7-8H,6H2,1-3H3,(H,13,14). The molecule has 0 aliphatic carbocycles. The van der Waals surface area contributed by atoms with Crippen molar-refractivity contribution in [3.63, 3.8) is 0 Å². The first-order valence-electron chi connectivity index (χ1n) is 4.91. The van der Waals surface area contributed by atoms with Crippen LogP contribution < -0.4 is 4.90 Å². The normalized spacial score (nSPS) is 12.8. The highest BCUT2D eigenvalue weighted by Gasteiger charge is 2.19. The SMILES string of the molecule is CC(CN(c1nccs1)C(C)C)C(=O)O. The number of hydrogen-bond donors (Lipinski definition) is 1. The molecular formula is C10H16N2O2S. The molecule has 0 radical (unpaired) electrons. The Kier molecular flexibility index (Phi) is 4.08. The Labute approximate surface area is 93.6 Å². The molecule has 0 saturated carbocycles. The van der Waals surface area contributed by atoms with E-state index in [1.165, 1.54) is 11.3 Å². The molecule has 0 aromatic carbocycles. The Morgan fingerprint density at radius 3 is 2.67 bits per heavy atom. The van der Waals surface area contributed by atoms with Gasteiger partial charge in [0.25, 0.3) is 0 Å². The molecule has 0 saturated heterocycles. The molecule has 1 aromatic rings. The Bertz CT molecular complexity index is 311. The van der Waals surface area contributed by atoms with Crippen molar-refractivity contribution in [2.24, 2.45) is 5.92 Å². The van der Waals surface area contributed by atoms with E-state index >= 15 is 0 Å². The first-order valence-corrected chi connectivity index (χ1v) is 5.79. The van der Waals surface area contributed by atoms with Crippen molar-refractivity contribution in [2.75, 3.05) is 11.4 Å². The molecule has 4 nitrogen and oxygen atoms in total. The molecule has 0 aliphatic rings. The number of rotatable bonds is 5. The van der Waals surface area contributed by atoms with Crippen molar-refractivity contribution in [1.82, 2.24) is 4.98 Å². The summed E-state index contributed by atoms with van der Waals surface area (Å²) in [6.07, 6.45) is 1.74. The molecule has 84 valence electrons. The highest BCUT2D eigenvalue weighted by molar-refractivity contribution is 7.13. The smallest absolute Gasteiger partial charge is 0.308 e. The van der Waals surface area contributed by atoms with E-state index in [1.807, 2.05) is 24.1 Å². The van der Waals surface area contributed by atoms with Gasteiger partial charge < -0.3 is 10.0 Å². The summed E-state index contributed by atoms with van der Waals surface area (Å²) < 4.78 is 0. The fraction of sp³-hybridized carbons (Fsp3) is 0.600. The van der Waals surface area contributed by atoms with Crippen molar-refractivity contribution >= 4 is 22.4 Å². The van der Waals surface area contributed by atoms with Crippen LogP contribution in [0.25, 0.3) is 0 Å². The van der Waals surface area contributed by atoms with E-state index in [1.54, 1.807) is 13.1 Å². The van der Waals surface area contributed by atoms with Crippen LogP contribution in [0.1, 0.15) is 20.8 Å². The zero-order chi connectivity index (χ0) is 11.4. The second-order valence-corrected chi connectivity index (χ2v) is 4.67. The van der Waals surface area contributed by atoms with Crippen LogP contribution in [0.15, 0.2) is 11.6 Å². The van der Waals surface area contributed by atoms with E-state index in [4.69, 9.17) is 5.11 Å². The molecule has 1 N–H and O–H groups in total. The van der Waals surface area contributed by atoms with Gasteiger partial charge in [0.05, 0.1) is 5.92 Å². The van der Waals surface area contributed by atoms with Gasteiger partial charge >= 0.3 is 5.97 Å². The molecule has 0 bridgehead atoms. The minimum atomic E-state index is -0.766. The van der Waals surface area contributed by atoms with Gasteiger partial charge in [0, 0.05) is 24.2 Å². The van der Waals surface area contributed by atoms with Crippen LogP contribution in [0, 0.1) is 5.92 Å². The number of anilines is 1. The van der Waals surface area contributed by atoms with Crippen LogP contribution in [-0.2, 0) is 4.79 Å². The summed E-state index contributed by atoms with van der Waals surface area (Å²) >= 11 is 1.53. The predicted molar refractivity (Wildman–Crippen MR) is 61.4 cm³/mol. The van der Waals surface area contributed by atoms with Gasteiger partial charge in [-0.2, -0.15) is 0 Å². The Morgan fingerprint density at radius 1 is 1.60 bits per heavy atom. The fourth-order valence-electron chi connectivity index (χ4n) is 1.24. The van der Waals surface area contributed by atoms with Crippen molar-refractivity contribution in [3.8, 4) is 0 Å². The molecular weight excluding hydrogens is 212 g/mol. The quantitative estimate of drug-likeness (QED) is 0.838. The molecule has 5 heteroatoms. The molecule has 1 unspecified atom stereocenters. The maximum absolute atomic E-state index is 10.8.